The largest absolute Gasteiger partial charge is 0.361 e. The first-order chi connectivity index (χ1) is 9.40. The van der Waals surface area contributed by atoms with E-state index >= 15 is 0 Å². The van der Waals surface area contributed by atoms with Crippen LogP contribution in [-0.4, -0.2) is 35.5 Å². The highest BCUT2D eigenvalue weighted by molar-refractivity contribution is 6.76. The number of pyridine rings is 1. The quantitative estimate of drug-likeness (QED) is 0.466. The summed E-state index contributed by atoms with van der Waals surface area (Å²) < 4.78 is 7.66. The zero-order valence-corrected chi connectivity index (χ0v) is 13.5. The Hall–Kier alpha value is -1.53. The van der Waals surface area contributed by atoms with E-state index in [4.69, 9.17) is 4.74 Å². The van der Waals surface area contributed by atoms with Crippen LogP contribution in [0.1, 0.15) is 16.3 Å². The molecule has 0 aliphatic heterocycles. The Balaban J connectivity index is 2.12. The highest BCUT2D eigenvalue weighted by Crippen LogP contribution is 2.15. The van der Waals surface area contributed by atoms with E-state index in [0.29, 0.717) is 18.1 Å². The minimum absolute atomic E-state index is 0.417. The van der Waals surface area contributed by atoms with Gasteiger partial charge in [0.2, 0.25) is 0 Å². The zero-order valence-electron chi connectivity index (χ0n) is 12.5. The summed E-state index contributed by atoms with van der Waals surface area (Å²) >= 11 is 0. The van der Waals surface area contributed by atoms with E-state index in [2.05, 4.69) is 29.6 Å². The van der Waals surface area contributed by atoms with Crippen molar-refractivity contribution in [1.29, 1.82) is 0 Å². The van der Waals surface area contributed by atoms with Crippen LogP contribution >= 0.6 is 0 Å². The molecule has 0 aliphatic rings. The molecule has 6 heteroatoms. The average Bonchev–Trinajstić information content (AvgIpc) is 2.68. The van der Waals surface area contributed by atoms with Crippen LogP contribution in [0.3, 0.4) is 0 Å². The van der Waals surface area contributed by atoms with Crippen LogP contribution in [0, 0.1) is 6.92 Å². The molecule has 2 heterocycles. The van der Waals surface area contributed by atoms with Gasteiger partial charge in [-0.25, -0.2) is 9.97 Å². The van der Waals surface area contributed by atoms with Crippen molar-refractivity contribution in [3.8, 4) is 0 Å². The molecule has 0 spiro atoms. The fourth-order valence-electron chi connectivity index (χ4n) is 1.88. The number of carbonyl (C=O) groups is 1. The summed E-state index contributed by atoms with van der Waals surface area (Å²) in [5, 5.41) is 0. The van der Waals surface area contributed by atoms with Crippen LogP contribution in [0.2, 0.25) is 25.7 Å². The third kappa shape index (κ3) is 3.52. The minimum Gasteiger partial charge on any atom is -0.361 e. The van der Waals surface area contributed by atoms with Crippen LogP contribution < -0.4 is 0 Å². The summed E-state index contributed by atoms with van der Waals surface area (Å²) in [6.07, 6.45) is 0.748. The molecular weight excluding hydrogens is 270 g/mol. The van der Waals surface area contributed by atoms with Crippen molar-refractivity contribution < 1.29 is 9.53 Å². The van der Waals surface area contributed by atoms with Crippen molar-refractivity contribution in [2.24, 2.45) is 0 Å². The lowest BCUT2D eigenvalue weighted by molar-refractivity contribution is 0.0881. The summed E-state index contributed by atoms with van der Waals surface area (Å²) in [6, 6.07) is 4.63. The molecule has 2 aromatic rings. The lowest BCUT2D eigenvalue weighted by Gasteiger charge is -2.15. The van der Waals surface area contributed by atoms with Gasteiger partial charge in [0, 0.05) is 14.7 Å². The van der Waals surface area contributed by atoms with Crippen molar-refractivity contribution in [2.45, 2.75) is 39.3 Å². The number of carbonyl (C=O) groups excluding carboxylic acids is 1. The molecule has 0 N–H and O–H groups in total. The molecule has 0 unspecified atom stereocenters. The fourth-order valence-corrected chi connectivity index (χ4v) is 2.64. The predicted octanol–water partition coefficient (Wildman–Crippen LogP) is 2.86. The molecule has 0 aliphatic carbocycles. The van der Waals surface area contributed by atoms with Crippen molar-refractivity contribution in [1.82, 2.24) is 14.5 Å². The van der Waals surface area contributed by atoms with E-state index in [1.165, 1.54) is 0 Å². The second kappa shape index (κ2) is 5.84. The number of aldehydes is 1. The molecule has 2 aromatic heterocycles. The molecule has 5 nitrogen and oxygen atoms in total. The Morgan fingerprint density at radius 1 is 1.30 bits per heavy atom. The lowest BCUT2D eigenvalue weighted by Crippen LogP contribution is -2.22. The van der Waals surface area contributed by atoms with Gasteiger partial charge in [0.05, 0.1) is 0 Å². The number of aromatic nitrogens is 3. The summed E-state index contributed by atoms with van der Waals surface area (Å²) in [7, 11) is -1.07. The highest BCUT2D eigenvalue weighted by atomic mass is 28.3. The van der Waals surface area contributed by atoms with Crippen molar-refractivity contribution in [3.05, 3.63) is 23.7 Å². The van der Waals surface area contributed by atoms with Crippen LogP contribution in [-0.2, 0) is 11.5 Å². The molecule has 0 saturated carbocycles. The molecule has 2 rings (SSSR count). The number of rotatable bonds is 6. The topological polar surface area (TPSA) is 57.0 Å². The normalized spacial score (nSPS) is 12.0. The van der Waals surface area contributed by atoms with Crippen molar-refractivity contribution in [3.63, 3.8) is 0 Å². The first kappa shape index (κ1) is 14.9. The van der Waals surface area contributed by atoms with Gasteiger partial charge in [-0.3, -0.25) is 9.36 Å². The molecule has 20 heavy (non-hydrogen) atoms. The van der Waals surface area contributed by atoms with Gasteiger partial charge < -0.3 is 4.74 Å². The zero-order chi connectivity index (χ0) is 14.8. The average molecular weight is 291 g/mol. The third-order valence-electron chi connectivity index (χ3n) is 3.14. The van der Waals surface area contributed by atoms with Crippen molar-refractivity contribution in [2.75, 3.05) is 6.61 Å². The van der Waals surface area contributed by atoms with E-state index in [-0.39, 0.29) is 0 Å². The maximum atomic E-state index is 10.8. The maximum absolute atomic E-state index is 10.8. The standard InChI is InChI=1S/C14H21N3O2Si/c1-11-15-13-6-5-12(9-18)16-14(13)17(11)10-19-7-8-20(2,3)4/h5-6,9H,7-8,10H2,1-4H3. The number of aryl methyl sites for hydroxylation is 1. The lowest BCUT2D eigenvalue weighted by atomic mass is 10.3. The second-order valence-corrected chi connectivity index (χ2v) is 11.8. The first-order valence-corrected chi connectivity index (χ1v) is 10.5. The van der Waals surface area contributed by atoms with E-state index in [1.54, 1.807) is 6.07 Å². The van der Waals surface area contributed by atoms with Crippen molar-refractivity contribution >= 4 is 25.5 Å². The first-order valence-electron chi connectivity index (χ1n) is 6.77. The van der Waals surface area contributed by atoms with Gasteiger partial charge in [-0.1, -0.05) is 19.6 Å². The summed E-state index contributed by atoms with van der Waals surface area (Å²) in [5.41, 5.74) is 1.92. The number of hydrogen-bond acceptors (Lipinski definition) is 4. The predicted molar refractivity (Wildman–Crippen MR) is 81.8 cm³/mol. The molecule has 0 saturated heterocycles. The Bertz CT molecular complexity index is 617. The molecular formula is C14H21N3O2Si. The van der Waals surface area contributed by atoms with Crippen LogP contribution in [0.25, 0.3) is 11.2 Å². The maximum Gasteiger partial charge on any atom is 0.168 e. The van der Waals surface area contributed by atoms with Crippen LogP contribution in [0.4, 0.5) is 0 Å². The minimum atomic E-state index is -1.07. The van der Waals surface area contributed by atoms with Gasteiger partial charge in [0.1, 0.15) is 23.8 Å². The molecule has 0 atom stereocenters. The number of hydrogen-bond donors (Lipinski definition) is 0. The Morgan fingerprint density at radius 2 is 2.05 bits per heavy atom. The highest BCUT2D eigenvalue weighted by Gasteiger charge is 2.13. The molecule has 0 fully saturated rings. The molecule has 0 aromatic carbocycles. The Labute approximate surface area is 120 Å². The fraction of sp³-hybridized carbons (Fsp3) is 0.500. The smallest absolute Gasteiger partial charge is 0.168 e. The summed E-state index contributed by atoms with van der Waals surface area (Å²) in [6.45, 7) is 10.1. The Kier molecular flexibility index (Phi) is 4.34. The molecule has 0 radical (unpaired) electrons. The van der Waals surface area contributed by atoms with Crippen LogP contribution in [0.15, 0.2) is 12.1 Å². The Morgan fingerprint density at radius 3 is 2.70 bits per heavy atom. The van der Waals surface area contributed by atoms with E-state index in [0.717, 1.165) is 30.3 Å². The number of fused-ring (bicyclic) bond motifs is 1. The molecule has 108 valence electrons. The van der Waals surface area contributed by atoms with Gasteiger partial charge in [0.25, 0.3) is 0 Å². The van der Waals surface area contributed by atoms with E-state index in [9.17, 15) is 4.79 Å². The molecule has 0 amide bonds. The second-order valence-electron chi connectivity index (χ2n) is 6.13. The number of nitrogens with zero attached hydrogens (tertiary/aromatic N) is 3. The third-order valence-corrected chi connectivity index (χ3v) is 4.85. The number of ether oxygens (including phenoxy) is 1. The van der Waals surface area contributed by atoms with E-state index < -0.39 is 8.07 Å². The van der Waals surface area contributed by atoms with Gasteiger partial charge >= 0.3 is 0 Å². The molecule has 0 bridgehead atoms. The van der Waals surface area contributed by atoms with Gasteiger partial charge in [0.15, 0.2) is 11.9 Å². The number of imidazole rings is 1. The SMILES string of the molecule is Cc1nc2ccc(C=O)nc2n1COCC[Si](C)(C)C. The van der Waals surface area contributed by atoms with Gasteiger partial charge in [-0.15, -0.1) is 0 Å². The van der Waals surface area contributed by atoms with E-state index in [1.807, 2.05) is 17.6 Å². The van der Waals surface area contributed by atoms with Crippen LogP contribution in [0.5, 0.6) is 0 Å². The monoisotopic (exact) mass is 291 g/mol. The van der Waals surface area contributed by atoms with Gasteiger partial charge in [-0.2, -0.15) is 0 Å². The summed E-state index contributed by atoms with van der Waals surface area (Å²) in [5.74, 6) is 0.851. The van der Waals surface area contributed by atoms with Gasteiger partial charge in [-0.05, 0) is 25.1 Å². The summed E-state index contributed by atoms with van der Waals surface area (Å²) in [4.78, 5) is 19.6.